The molecule has 0 radical (unpaired) electrons. The van der Waals surface area contributed by atoms with E-state index in [0.29, 0.717) is 0 Å². The Kier molecular flexibility index (Phi) is 5.09. The van der Waals surface area contributed by atoms with Gasteiger partial charge in [0.05, 0.1) is 5.38 Å². The Morgan fingerprint density at radius 2 is 2.15 bits per heavy atom. The maximum Gasteiger partial charge on any atom is 0.182 e. The Hall–Kier alpha value is -1.02. The molecule has 2 nitrogen and oxygen atoms in total. The molecule has 1 unspecified atom stereocenters. The number of halogens is 1. The smallest absolute Gasteiger partial charge is 0.182 e. The van der Waals surface area contributed by atoms with E-state index >= 15 is 0 Å². The topological polar surface area (TPSA) is 22.0 Å². The van der Waals surface area contributed by atoms with Gasteiger partial charge in [0, 0.05) is 23.5 Å². The van der Waals surface area contributed by atoms with Crippen LogP contribution in [-0.2, 0) is 6.54 Å². The molecular weight excluding hydrogens is 270 g/mol. The van der Waals surface area contributed by atoms with Crippen molar-refractivity contribution in [1.29, 1.82) is 0 Å². The van der Waals surface area contributed by atoms with E-state index in [4.69, 9.17) is 11.6 Å². The van der Waals surface area contributed by atoms with Crippen LogP contribution < -0.4 is 0 Å². The zero-order valence-electron chi connectivity index (χ0n) is 12.7. The highest BCUT2D eigenvalue weighted by molar-refractivity contribution is 6.33. The highest BCUT2D eigenvalue weighted by Gasteiger charge is 2.19. The number of hydrogen-bond acceptors (Lipinski definition) is 1. The number of carbonyl (C=O) groups excluding carboxylic acids is 1. The molecule has 0 N–H and O–H groups in total. The van der Waals surface area contributed by atoms with Crippen LogP contribution in [0.25, 0.3) is 0 Å². The fourth-order valence-corrected chi connectivity index (χ4v) is 3.11. The Labute approximate surface area is 126 Å². The number of ketones is 1. The summed E-state index contributed by atoms with van der Waals surface area (Å²) in [6.45, 7) is 6.79. The van der Waals surface area contributed by atoms with Crippen LogP contribution in [0.4, 0.5) is 0 Å². The van der Waals surface area contributed by atoms with Gasteiger partial charge < -0.3 is 4.57 Å². The van der Waals surface area contributed by atoms with Gasteiger partial charge in [0.1, 0.15) is 0 Å². The molecule has 0 aliphatic heterocycles. The summed E-state index contributed by atoms with van der Waals surface area (Å²) in [5.41, 5.74) is 4.56. The largest absolute Gasteiger partial charge is 0.348 e. The lowest BCUT2D eigenvalue weighted by molar-refractivity contribution is 0.0991. The fraction of sp³-hybridized carbons (Fsp3) is 0.588. The summed E-state index contributed by atoms with van der Waals surface area (Å²) in [6.07, 6.45) is 8.61. The van der Waals surface area contributed by atoms with Crippen molar-refractivity contribution in [3.05, 3.63) is 34.7 Å². The third-order valence-electron chi connectivity index (χ3n) is 4.24. The third-order valence-corrected chi connectivity index (χ3v) is 4.44. The quantitative estimate of drug-likeness (QED) is 0.434. The number of aryl methyl sites for hydroxylation is 1. The number of Topliss-reactive ketones (excluding diaryl/α,β-unsaturated/α-hetero) is 1. The highest BCUT2D eigenvalue weighted by atomic mass is 35.5. The van der Waals surface area contributed by atoms with Crippen LogP contribution >= 0.6 is 11.6 Å². The molecule has 0 bridgehead atoms. The normalized spacial score (nSPS) is 16.9. The molecule has 1 atom stereocenters. The summed E-state index contributed by atoms with van der Waals surface area (Å²) in [7, 11) is 0. The van der Waals surface area contributed by atoms with Gasteiger partial charge >= 0.3 is 0 Å². The first-order chi connectivity index (χ1) is 9.50. The van der Waals surface area contributed by atoms with Crippen LogP contribution in [0.3, 0.4) is 0 Å². The summed E-state index contributed by atoms with van der Waals surface area (Å²) in [4.78, 5) is 12.1. The van der Waals surface area contributed by atoms with Crippen molar-refractivity contribution in [3.63, 3.8) is 0 Å². The summed E-state index contributed by atoms with van der Waals surface area (Å²) >= 11 is 5.93. The lowest BCUT2D eigenvalue weighted by Gasteiger charge is -2.15. The molecule has 110 valence electrons. The van der Waals surface area contributed by atoms with Gasteiger partial charge in [-0.05, 0) is 58.9 Å². The predicted molar refractivity (Wildman–Crippen MR) is 84.7 cm³/mol. The molecule has 1 aliphatic rings. The molecule has 3 heteroatoms. The molecule has 1 aliphatic carbocycles. The van der Waals surface area contributed by atoms with Crippen molar-refractivity contribution < 1.29 is 4.79 Å². The van der Waals surface area contributed by atoms with E-state index in [1.54, 1.807) is 12.5 Å². The minimum Gasteiger partial charge on any atom is -0.348 e. The van der Waals surface area contributed by atoms with Crippen molar-refractivity contribution in [2.24, 2.45) is 0 Å². The molecule has 0 saturated heterocycles. The van der Waals surface area contributed by atoms with E-state index in [9.17, 15) is 4.79 Å². The zero-order valence-corrected chi connectivity index (χ0v) is 13.5. The van der Waals surface area contributed by atoms with Crippen LogP contribution in [0.15, 0.2) is 17.7 Å². The molecule has 1 aromatic heterocycles. The van der Waals surface area contributed by atoms with Crippen molar-refractivity contribution in [3.8, 4) is 0 Å². The van der Waals surface area contributed by atoms with E-state index in [0.717, 1.165) is 29.9 Å². The number of alkyl halides is 1. The first kappa shape index (κ1) is 15.4. The molecule has 1 heterocycles. The fourth-order valence-electron chi connectivity index (χ4n) is 3.00. The van der Waals surface area contributed by atoms with Crippen LogP contribution in [0.2, 0.25) is 0 Å². The number of nitrogens with zero attached hydrogens (tertiary/aromatic N) is 1. The van der Waals surface area contributed by atoms with Gasteiger partial charge in [-0.2, -0.15) is 0 Å². The SMILES string of the molecule is Cc1cc(C(=O)C(C)Cl)c(C)n1CCC1=CCCCC1. The average Bonchev–Trinajstić information content (AvgIpc) is 2.72. The predicted octanol–water partition coefficient (Wildman–Crippen LogP) is 4.81. The van der Waals surface area contributed by atoms with Crippen LogP contribution in [0, 0.1) is 13.8 Å². The molecule has 20 heavy (non-hydrogen) atoms. The Balaban J connectivity index is 2.12. The second-order valence-corrected chi connectivity index (χ2v) is 6.43. The standard InChI is InChI=1S/C17H24ClNO/c1-12-11-16(17(20)13(2)18)14(3)19(12)10-9-15-7-5-4-6-8-15/h7,11,13H,4-6,8-10H2,1-3H3. The Morgan fingerprint density at radius 3 is 2.75 bits per heavy atom. The van der Waals surface area contributed by atoms with Gasteiger partial charge in [-0.3, -0.25) is 4.79 Å². The molecule has 0 amide bonds. The van der Waals surface area contributed by atoms with Gasteiger partial charge in [-0.25, -0.2) is 0 Å². The van der Waals surface area contributed by atoms with Crippen molar-refractivity contribution >= 4 is 17.4 Å². The van der Waals surface area contributed by atoms with E-state index in [2.05, 4.69) is 17.6 Å². The number of carbonyl (C=O) groups is 1. The Morgan fingerprint density at radius 1 is 1.40 bits per heavy atom. The van der Waals surface area contributed by atoms with Crippen molar-refractivity contribution in [1.82, 2.24) is 4.57 Å². The van der Waals surface area contributed by atoms with Crippen LogP contribution in [0.5, 0.6) is 0 Å². The summed E-state index contributed by atoms with van der Waals surface area (Å²) in [5, 5.41) is -0.454. The van der Waals surface area contributed by atoms with E-state index in [1.165, 1.54) is 25.7 Å². The number of hydrogen-bond donors (Lipinski definition) is 0. The first-order valence-corrected chi connectivity index (χ1v) is 7.97. The third kappa shape index (κ3) is 3.35. The van der Waals surface area contributed by atoms with Gasteiger partial charge in [0.15, 0.2) is 5.78 Å². The van der Waals surface area contributed by atoms with Gasteiger partial charge in [-0.1, -0.05) is 11.6 Å². The zero-order chi connectivity index (χ0) is 14.7. The Bertz CT molecular complexity index is 525. The second-order valence-electron chi connectivity index (χ2n) is 5.77. The van der Waals surface area contributed by atoms with E-state index in [-0.39, 0.29) is 5.78 Å². The molecule has 2 rings (SSSR count). The number of aromatic nitrogens is 1. The van der Waals surface area contributed by atoms with Crippen molar-refractivity contribution in [2.75, 3.05) is 0 Å². The molecule has 0 spiro atoms. The summed E-state index contributed by atoms with van der Waals surface area (Å²) in [6, 6.07) is 1.98. The van der Waals surface area contributed by atoms with Crippen LogP contribution in [-0.4, -0.2) is 15.7 Å². The molecule has 0 saturated carbocycles. The molecular formula is C17H24ClNO. The lowest BCUT2D eigenvalue weighted by Crippen LogP contribution is -2.12. The van der Waals surface area contributed by atoms with Crippen molar-refractivity contribution in [2.45, 2.75) is 64.8 Å². The summed E-state index contributed by atoms with van der Waals surface area (Å²) < 4.78 is 2.25. The van der Waals surface area contributed by atoms with E-state index in [1.807, 2.05) is 13.0 Å². The van der Waals surface area contributed by atoms with Gasteiger partial charge in [0.25, 0.3) is 0 Å². The minimum atomic E-state index is -0.454. The monoisotopic (exact) mass is 293 g/mol. The maximum atomic E-state index is 12.1. The molecule has 0 aromatic carbocycles. The first-order valence-electron chi connectivity index (χ1n) is 7.53. The summed E-state index contributed by atoms with van der Waals surface area (Å²) in [5.74, 6) is 0.0305. The molecule has 1 aromatic rings. The van der Waals surface area contributed by atoms with Gasteiger partial charge in [-0.15, -0.1) is 11.6 Å². The van der Waals surface area contributed by atoms with E-state index < -0.39 is 5.38 Å². The van der Waals surface area contributed by atoms with Crippen LogP contribution in [0.1, 0.15) is 60.8 Å². The lowest BCUT2D eigenvalue weighted by atomic mass is 9.97. The maximum absolute atomic E-state index is 12.1. The highest BCUT2D eigenvalue weighted by Crippen LogP contribution is 2.23. The van der Waals surface area contributed by atoms with Gasteiger partial charge in [0.2, 0.25) is 0 Å². The molecule has 0 fully saturated rings. The minimum absolute atomic E-state index is 0.0305. The average molecular weight is 294 g/mol. The second kappa shape index (κ2) is 6.62. The number of allylic oxidation sites excluding steroid dienone is 2. The number of rotatable bonds is 5.